The Bertz CT molecular complexity index is 366. The van der Waals surface area contributed by atoms with E-state index in [0.29, 0.717) is 12.1 Å². The first-order chi connectivity index (χ1) is 7.33. The fourth-order valence-corrected chi connectivity index (χ4v) is 0.919. The van der Waals surface area contributed by atoms with Crippen molar-refractivity contribution < 1.29 is 31.4 Å². The molecule has 0 fully saturated rings. The second kappa shape index (κ2) is 4.37. The summed E-state index contributed by atoms with van der Waals surface area (Å²) in [5.41, 5.74) is -0.619. The molecule has 0 unspecified atom stereocenters. The van der Waals surface area contributed by atoms with E-state index in [-0.39, 0.29) is 0 Å². The highest BCUT2D eigenvalue weighted by molar-refractivity contribution is 5.63. The van der Waals surface area contributed by atoms with E-state index in [0.717, 1.165) is 11.6 Å². The highest BCUT2D eigenvalue weighted by Crippen LogP contribution is 2.35. The average Bonchev–Trinajstić information content (AvgIpc) is 2.15. The van der Waals surface area contributed by atoms with Gasteiger partial charge in [-0.1, -0.05) is 8.96 Å². The van der Waals surface area contributed by atoms with Gasteiger partial charge in [-0.25, -0.2) is 5.54 Å². The van der Waals surface area contributed by atoms with Gasteiger partial charge in [0.1, 0.15) is 5.69 Å². The number of ether oxygens (including phenoxy) is 1. The molecule has 0 aliphatic rings. The van der Waals surface area contributed by atoms with Gasteiger partial charge in [0.25, 0.3) is 0 Å². The van der Waals surface area contributed by atoms with E-state index >= 15 is 0 Å². The molecule has 1 aromatic rings. The van der Waals surface area contributed by atoms with Crippen molar-refractivity contribution in [2.45, 2.75) is 6.36 Å². The quantitative estimate of drug-likeness (QED) is 0.652. The average molecular weight is 246 g/mol. The highest BCUT2D eigenvalue weighted by Gasteiger charge is 2.33. The van der Waals surface area contributed by atoms with Gasteiger partial charge < -0.3 is 4.74 Å². The maximum Gasteiger partial charge on any atom is 0.573 e. The Morgan fingerprint density at radius 3 is 2.25 bits per heavy atom. The molecule has 0 saturated carbocycles. The van der Waals surface area contributed by atoms with Crippen LogP contribution in [0.15, 0.2) is 18.2 Å². The zero-order valence-electron chi connectivity index (χ0n) is 7.36. The van der Waals surface area contributed by atoms with Crippen LogP contribution in [0.25, 0.3) is 0 Å². The van der Waals surface area contributed by atoms with Crippen molar-refractivity contribution in [3.8, 4) is 5.75 Å². The molecule has 0 aromatic heterocycles. The number of hydrogen-bond acceptors (Lipinski definition) is 3. The highest BCUT2D eigenvalue weighted by atomic mass is 19.4. The molecule has 0 amide bonds. The summed E-state index contributed by atoms with van der Waals surface area (Å²) >= 11 is 0. The molecule has 0 radical (unpaired) electrons. The number of halogens is 6. The van der Waals surface area contributed by atoms with Gasteiger partial charge in [0, 0.05) is 0 Å². The molecule has 0 bridgehead atoms. The van der Waals surface area contributed by atoms with Crippen LogP contribution in [-0.4, -0.2) is 6.36 Å². The Labute approximate surface area is 85.0 Å². The lowest BCUT2D eigenvalue weighted by molar-refractivity contribution is -0.274. The largest absolute Gasteiger partial charge is 0.573 e. The molecule has 0 atom stereocenters. The molecular weight excluding hydrogens is 242 g/mol. The number of hydrogen-bond donors (Lipinski definition) is 1. The van der Waals surface area contributed by atoms with E-state index in [4.69, 9.17) is 0 Å². The molecule has 1 N–H and O–H groups in total. The van der Waals surface area contributed by atoms with Gasteiger partial charge in [-0.3, -0.25) is 0 Å². The number of benzene rings is 1. The van der Waals surface area contributed by atoms with E-state index in [1.807, 2.05) is 0 Å². The lowest BCUT2D eigenvalue weighted by atomic mass is 10.2. The second-order valence-corrected chi connectivity index (χ2v) is 2.56. The fraction of sp³-hybridized carbons (Fsp3) is 0.143. The van der Waals surface area contributed by atoms with Gasteiger partial charge in [0.05, 0.1) is 5.69 Å². The normalized spacial score (nSPS) is 11.1. The van der Waals surface area contributed by atoms with E-state index in [9.17, 15) is 26.6 Å². The number of nitrogens with zero attached hydrogens (tertiary/aromatic N) is 1. The lowest BCUT2D eigenvalue weighted by Crippen LogP contribution is -2.18. The summed E-state index contributed by atoms with van der Waals surface area (Å²) in [5.74, 6) is -1.13. The SMILES string of the molecule is FNc1ccc(OC(F)(F)F)c(N(F)F)c1. The molecule has 90 valence electrons. The first-order valence-corrected chi connectivity index (χ1v) is 3.71. The summed E-state index contributed by atoms with van der Waals surface area (Å²) in [6.45, 7) is 0. The Hall–Kier alpha value is -1.80. The van der Waals surface area contributed by atoms with Crippen LogP contribution < -0.4 is 15.6 Å². The molecule has 0 spiro atoms. The van der Waals surface area contributed by atoms with Crippen molar-refractivity contribution in [2.24, 2.45) is 0 Å². The van der Waals surface area contributed by atoms with Crippen LogP contribution in [0.5, 0.6) is 5.75 Å². The zero-order chi connectivity index (χ0) is 12.3. The minimum atomic E-state index is -5.10. The summed E-state index contributed by atoms with van der Waals surface area (Å²) in [6.07, 6.45) is -5.10. The Morgan fingerprint density at radius 2 is 1.81 bits per heavy atom. The summed E-state index contributed by atoms with van der Waals surface area (Å²) < 4.78 is 74.9. The molecule has 1 aromatic carbocycles. The molecule has 0 heterocycles. The summed E-state index contributed by atoms with van der Waals surface area (Å²) in [6, 6.07) is 1.84. The summed E-state index contributed by atoms with van der Waals surface area (Å²) in [4.78, 5) is 0. The molecule has 9 heteroatoms. The van der Waals surface area contributed by atoms with E-state index in [2.05, 4.69) is 4.74 Å². The number of alkyl halides is 3. The van der Waals surface area contributed by atoms with Crippen LogP contribution in [0.2, 0.25) is 0 Å². The zero-order valence-corrected chi connectivity index (χ0v) is 7.36. The topological polar surface area (TPSA) is 24.5 Å². The molecule has 0 aliphatic heterocycles. The second-order valence-electron chi connectivity index (χ2n) is 2.56. The fourth-order valence-electron chi connectivity index (χ4n) is 0.919. The summed E-state index contributed by atoms with van der Waals surface area (Å²) in [7, 11) is 0. The molecule has 3 nitrogen and oxygen atoms in total. The Kier molecular flexibility index (Phi) is 3.35. The molecular formula is C7H4F6N2O. The van der Waals surface area contributed by atoms with E-state index in [1.54, 1.807) is 0 Å². The Morgan fingerprint density at radius 1 is 1.19 bits per heavy atom. The third-order valence-electron chi connectivity index (χ3n) is 1.48. The maximum atomic E-state index is 12.2. The monoisotopic (exact) mass is 246 g/mol. The van der Waals surface area contributed by atoms with Crippen LogP contribution in [0, 0.1) is 0 Å². The van der Waals surface area contributed by atoms with Crippen molar-refractivity contribution in [3.05, 3.63) is 18.2 Å². The van der Waals surface area contributed by atoms with E-state index < -0.39 is 28.8 Å². The van der Waals surface area contributed by atoms with Gasteiger partial charge in [-0.2, -0.15) is 0 Å². The lowest BCUT2D eigenvalue weighted by Gasteiger charge is -2.13. The van der Waals surface area contributed by atoms with Crippen LogP contribution in [0.3, 0.4) is 0 Å². The minimum Gasteiger partial charge on any atom is -0.403 e. The Balaban J connectivity index is 3.08. The smallest absolute Gasteiger partial charge is 0.403 e. The van der Waals surface area contributed by atoms with E-state index in [1.165, 1.54) is 0 Å². The van der Waals surface area contributed by atoms with Gasteiger partial charge in [-0.05, 0) is 23.5 Å². The molecule has 0 aliphatic carbocycles. The van der Waals surface area contributed by atoms with Gasteiger partial charge in [0.2, 0.25) is 0 Å². The number of rotatable bonds is 3. The maximum absolute atomic E-state index is 12.2. The molecule has 16 heavy (non-hydrogen) atoms. The van der Waals surface area contributed by atoms with Crippen LogP contribution in [0.1, 0.15) is 0 Å². The third kappa shape index (κ3) is 3.11. The van der Waals surface area contributed by atoms with Crippen molar-refractivity contribution in [2.75, 3.05) is 10.9 Å². The first-order valence-electron chi connectivity index (χ1n) is 3.71. The predicted molar refractivity (Wildman–Crippen MR) is 42.6 cm³/mol. The van der Waals surface area contributed by atoms with Crippen molar-refractivity contribution >= 4 is 11.4 Å². The van der Waals surface area contributed by atoms with Crippen molar-refractivity contribution in [1.82, 2.24) is 0 Å². The van der Waals surface area contributed by atoms with Gasteiger partial charge in [-0.15, -0.1) is 17.7 Å². The van der Waals surface area contributed by atoms with Crippen molar-refractivity contribution in [3.63, 3.8) is 0 Å². The first kappa shape index (κ1) is 12.3. The van der Waals surface area contributed by atoms with Gasteiger partial charge >= 0.3 is 6.36 Å². The van der Waals surface area contributed by atoms with Gasteiger partial charge in [0.15, 0.2) is 5.75 Å². The van der Waals surface area contributed by atoms with Crippen LogP contribution in [-0.2, 0) is 0 Å². The number of nitrogens with one attached hydrogen (secondary N) is 1. The predicted octanol–water partition coefficient (Wildman–Crippen LogP) is 3.46. The third-order valence-corrected chi connectivity index (χ3v) is 1.48. The van der Waals surface area contributed by atoms with Crippen LogP contribution in [0.4, 0.5) is 38.0 Å². The number of anilines is 2. The van der Waals surface area contributed by atoms with Crippen LogP contribution >= 0.6 is 0 Å². The minimum absolute atomic E-state index is 0.426. The van der Waals surface area contributed by atoms with Crippen molar-refractivity contribution in [1.29, 1.82) is 0 Å². The standard InChI is InChI=1S/C7H4F6N2O/c8-7(9,10)16-6-2-1-4(14-11)3-5(6)15(12)13/h1-3,14H. The molecule has 0 saturated heterocycles. The summed E-state index contributed by atoms with van der Waals surface area (Å²) in [5, 5.41) is -1.61. The molecule has 1 rings (SSSR count).